The first-order valence-electron chi connectivity index (χ1n) is 11.4. The Bertz CT molecular complexity index is 1270. The largest absolute Gasteiger partial charge is 0.379 e. The molecule has 1 saturated heterocycles. The van der Waals surface area contributed by atoms with Crippen molar-refractivity contribution in [3.05, 3.63) is 65.5 Å². The number of hydrogen-bond acceptors (Lipinski definition) is 7. The first-order valence-corrected chi connectivity index (χ1v) is 12.9. The first kappa shape index (κ1) is 25.0. The molecule has 1 aliphatic rings. The van der Waals surface area contributed by atoms with Gasteiger partial charge in [0.25, 0.3) is 5.91 Å². The van der Waals surface area contributed by atoms with E-state index in [4.69, 9.17) is 9.26 Å². The molecule has 10 heteroatoms. The Morgan fingerprint density at radius 3 is 2.26 bits per heavy atom. The zero-order valence-corrected chi connectivity index (χ0v) is 21.2. The molecule has 9 nitrogen and oxygen atoms in total. The van der Waals surface area contributed by atoms with E-state index in [0.29, 0.717) is 43.6 Å². The Kier molecular flexibility index (Phi) is 7.07. The van der Waals surface area contributed by atoms with Gasteiger partial charge in [-0.05, 0) is 35.2 Å². The summed E-state index contributed by atoms with van der Waals surface area (Å²) in [6, 6.07) is 13.9. The van der Waals surface area contributed by atoms with Crippen molar-refractivity contribution in [2.24, 2.45) is 0 Å². The second kappa shape index (κ2) is 9.88. The molecule has 3 aromatic rings. The fraction of sp³-hybridized carbons (Fsp3) is 0.400. The summed E-state index contributed by atoms with van der Waals surface area (Å²) < 4.78 is 37.5. The topological polar surface area (TPSA) is 106 Å². The summed E-state index contributed by atoms with van der Waals surface area (Å²) in [4.78, 5) is 18.9. The summed E-state index contributed by atoms with van der Waals surface area (Å²) in [5.41, 5.74) is 2.46. The number of ether oxygens (including phenoxy) is 1. The highest BCUT2D eigenvalue weighted by Gasteiger charge is 2.26. The summed E-state index contributed by atoms with van der Waals surface area (Å²) >= 11 is 0. The van der Waals surface area contributed by atoms with Gasteiger partial charge >= 0.3 is 0 Å². The van der Waals surface area contributed by atoms with Crippen LogP contribution in [0.5, 0.6) is 0 Å². The number of morpholine rings is 1. The summed E-state index contributed by atoms with van der Waals surface area (Å²) in [5.74, 6) is 0.482. The Balaban J connectivity index is 1.41. The van der Waals surface area contributed by atoms with Crippen molar-refractivity contribution in [2.45, 2.75) is 37.6 Å². The number of hydrogen-bond donors (Lipinski definition) is 0. The number of aromatic nitrogens is 2. The lowest BCUT2D eigenvalue weighted by Crippen LogP contribution is -2.40. The molecule has 0 N–H and O–H groups in total. The summed E-state index contributed by atoms with van der Waals surface area (Å²) in [6.45, 7) is 7.96. The highest BCUT2D eigenvalue weighted by Crippen LogP contribution is 2.25. The molecule has 0 radical (unpaired) electrons. The van der Waals surface area contributed by atoms with Crippen molar-refractivity contribution in [1.29, 1.82) is 0 Å². The molecule has 4 rings (SSSR count). The zero-order chi connectivity index (χ0) is 25.2. The SMILES string of the molecule is CN(Cc1nc(-c2ccc(C(C)(C)C)cc2)no1)C(=O)c1ccc(S(=O)(=O)N2CCOCC2)cc1. The number of carbonyl (C=O) groups is 1. The number of carbonyl (C=O) groups excluding carboxylic acids is 1. The lowest BCUT2D eigenvalue weighted by molar-refractivity contribution is 0.0730. The molecule has 0 unspecified atom stereocenters. The van der Waals surface area contributed by atoms with Gasteiger partial charge in [-0.15, -0.1) is 0 Å². The van der Waals surface area contributed by atoms with E-state index in [1.165, 1.54) is 39.0 Å². The predicted octanol–water partition coefficient (Wildman–Crippen LogP) is 3.33. The van der Waals surface area contributed by atoms with E-state index in [0.717, 1.165) is 5.56 Å². The minimum absolute atomic E-state index is 0.0505. The van der Waals surface area contributed by atoms with Crippen LogP contribution in [0.3, 0.4) is 0 Å². The number of sulfonamides is 1. The Morgan fingerprint density at radius 2 is 1.66 bits per heavy atom. The summed E-state index contributed by atoms with van der Waals surface area (Å²) in [6.07, 6.45) is 0. The van der Waals surface area contributed by atoms with Crippen LogP contribution in [0.4, 0.5) is 0 Å². The van der Waals surface area contributed by atoms with E-state index in [1.807, 2.05) is 24.3 Å². The molecular formula is C25H30N4O5S. The van der Waals surface area contributed by atoms with Gasteiger partial charge in [-0.25, -0.2) is 8.42 Å². The lowest BCUT2D eigenvalue weighted by atomic mass is 9.87. The maximum Gasteiger partial charge on any atom is 0.254 e. The van der Waals surface area contributed by atoms with Gasteiger partial charge in [-0.3, -0.25) is 4.79 Å². The molecule has 0 saturated carbocycles. The minimum Gasteiger partial charge on any atom is -0.379 e. The summed E-state index contributed by atoms with van der Waals surface area (Å²) in [7, 11) is -1.99. The van der Waals surface area contributed by atoms with Crippen LogP contribution >= 0.6 is 0 Å². The van der Waals surface area contributed by atoms with Crippen molar-refractivity contribution in [3.8, 4) is 11.4 Å². The molecule has 2 heterocycles. The molecule has 35 heavy (non-hydrogen) atoms. The summed E-state index contributed by atoms with van der Waals surface area (Å²) in [5, 5.41) is 4.04. The van der Waals surface area contributed by atoms with E-state index < -0.39 is 10.0 Å². The van der Waals surface area contributed by atoms with Crippen molar-refractivity contribution in [3.63, 3.8) is 0 Å². The van der Waals surface area contributed by atoms with Gasteiger partial charge in [0.2, 0.25) is 21.7 Å². The van der Waals surface area contributed by atoms with Crippen molar-refractivity contribution >= 4 is 15.9 Å². The second-order valence-electron chi connectivity index (χ2n) is 9.54. The second-order valence-corrected chi connectivity index (χ2v) is 11.5. The molecule has 0 atom stereocenters. The normalized spacial score (nSPS) is 15.2. The molecule has 1 aliphatic heterocycles. The Labute approximate surface area is 205 Å². The lowest BCUT2D eigenvalue weighted by Gasteiger charge is -2.26. The number of amides is 1. The molecule has 0 spiro atoms. The molecule has 0 aliphatic carbocycles. The van der Waals surface area contributed by atoms with Gasteiger partial charge < -0.3 is 14.2 Å². The maximum absolute atomic E-state index is 12.9. The van der Waals surface area contributed by atoms with E-state index in [9.17, 15) is 13.2 Å². The smallest absolute Gasteiger partial charge is 0.254 e. The van der Waals surface area contributed by atoms with Crippen molar-refractivity contribution < 1.29 is 22.5 Å². The van der Waals surface area contributed by atoms with Crippen LogP contribution in [0.15, 0.2) is 57.9 Å². The standard InChI is InChI=1S/C25H30N4O5S/c1-25(2,3)20-9-5-18(6-10-20)23-26-22(34-27-23)17-28(4)24(30)19-7-11-21(12-8-19)35(31,32)29-13-15-33-16-14-29/h5-12H,13-17H2,1-4H3. The first-order chi connectivity index (χ1) is 16.6. The van der Waals surface area contributed by atoms with E-state index in [-0.39, 0.29) is 22.8 Å². The van der Waals surface area contributed by atoms with E-state index in [2.05, 4.69) is 30.9 Å². The molecule has 1 amide bonds. The highest BCUT2D eigenvalue weighted by atomic mass is 32.2. The van der Waals surface area contributed by atoms with Crippen LogP contribution in [0.25, 0.3) is 11.4 Å². The van der Waals surface area contributed by atoms with Crippen molar-refractivity contribution in [2.75, 3.05) is 33.4 Å². The number of nitrogens with zero attached hydrogens (tertiary/aromatic N) is 4. The molecule has 1 aromatic heterocycles. The third-order valence-electron chi connectivity index (χ3n) is 5.91. The Hall–Kier alpha value is -3.08. The van der Waals surface area contributed by atoms with Crippen LogP contribution in [0, 0.1) is 0 Å². The third-order valence-corrected chi connectivity index (χ3v) is 7.82. The van der Waals surface area contributed by atoms with Crippen molar-refractivity contribution in [1.82, 2.24) is 19.3 Å². The molecular weight excluding hydrogens is 468 g/mol. The molecule has 2 aromatic carbocycles. The van der Waals surface area contributed by atoms with Crippen LogP contribution in [-0.2, 0) is 26.7 Å². The monoisotopic (exact) mass is 498 g/mol. The molecule has 1 fully saturated rings. The van der Waals surface area contributed by atoms with Gasteiger partial charge in [0, 0.05) is 31.3 Å². The van der Waals surface area contributed by atoms with E-state index >= 15 is 0 Å². The van der Waals surface area contributed by atoms with Crippen LogP contribution < -0.4 is 0 Å². The predicted molar refractivity (Wildman–Crippen MR) is 130 cm³/mol. The minimum atomic E-state index is -3.61. The quantitative estimate of drug-likeness (QED) is 0.513. The van der Waals surface area contributed by atoms with Crippen LogP contribution in [-0.4, -0.2) is 67.0 Å². The molecule has 0 bridgehead atoms. The van der Waals surface area contributed by atoms with Crippen LogP contribution in [0.1, 0.15) is 42.6 Å². The average molecular weight is 499 g/mol. The highest BCUT2D eigenvalue weighted by molar-refractivity contribution is 7.89. The third kappa shape index (κ3) is 5.61. The van der Waals surface area contributed by atoms with E-state index in [1.54, 1.807) is 7.05 Å². The van der Waals surface area contributed by atoms with Gasteiger partial charge in [0.05, 0.1) is 24.7 Å². The van der Waals surface area contributed by atoms with Crippen LogP contribution in [0.2, 0.25) is 0 Å². The van der Waals surface area contributed by atoms with Gasteiger partial charge in [-0.2, -0.15) is 9.29 Å². The maximum atomic E-state index is 12.9. The fourth-order valence-corrected chi connectivity index (χ4v) is 5.16. The zero-order valence-electron chi connectivity index (χ0n) is 20.4. The van der Waals surface area contributed by atoms with Gasteiger partial charge in [0.1, 0.15) is 0 Å². The Morgan fingerprint density at radius 1 is 1.03 bits per heavy atom. The average Bonchev–Trinajstić information content (AvgIpc) is 3.32. The fourth-order valence-electron chi connectivity index (χ4n) is 3.76. The molecule has 186 valence electrons. The number of benzene rings is 2. The number of rotatable bonds is 6. The van der Waals surface area contributed by atoms with Gasteiger partial charge in [0.15, 0.2) is 0 Å². The van der Waals surface area contributed by atoms with Gasteiger partial charge in [-0.1, -0.05) is 50.2 Å².